The number of piperidine rings is 1. The third-order valence-electron chi connectivity index (χ3n) is 3.94. The predicted molar refractivity (Wildman–Crippen MR) is 77.2 cm³/mol. The largest absolute Gasteiger partial charge is 0.371 e. The Hall–Kier alpha value is -0.540. The van der Waals surface area contributed by atoms with Gasteiger partial charge in [-0.15, -0.1) is 0 Å². The van der Waals surface area contributed by atoms with Crippen molar-refractivity contribution in [2.45, 2.75) is 26.8 Å². The van der Waals surface area contributed by atoms with Crippen molar-refractivity contribution >= 4 is 21.6 Å². The number of nitrogens with zero attached hydrogens (tertiary/aromatic N) is 1. The quantitative estimate of drug-likeness (QED) is 0.906. The Balaban J connectivity index is 2.24. The fraction of sp³-hybridized carbons (Fsp3) is 0.571. The Morgan fingerprint density at radius 3 is 2.76 bits per heavy atom. The number of anilines is 1. The third-order valence-corrected chi connectivity index (χ3v) is 4.44. The summed E-state index contributed by atoms with van der Waals surface area (Å²) in [6, 6.07) is 6.40. The van der Waals surface area contributed by atoms with Crippen molar-refractivity contribution in [3.8, 4) is 0 Å². The lowest BCUT2D eigenvalue weighted by Gasteiger charge is -2.37. The second-order valence-corrected chi connectivity index (χ2v) is 6.08. The normalized spacial score (nSPS) is 25.1. The van der Waals surface area contributed by atoms with Crippen LogP contribution in [0.25, 0.3) is 0 Å². The van der Waals surface area contributed by atoms with E-state index in [1.807, 2.05) is 0 Å². The summed E-state index contributed by atoms with van der Waals surface area (Å²) in [7, 11) is 0. The molecule has 0 spiro atoms. The molecule has 0 bridgehead atoms. The lowest BCUT2D eigenvalue weighted by atomic mass is 9.88. The molecule has 17 heavy (non-hydrogen) atoms. The van der Waals surface area contributed by atoms with Gasteiger partial charge in [-0.3, -0.25) is 0 Å². The van der Waals surface area contributed by atoms with Crippen molar-refractivity contribution in [2.24, 2.45) is 17.6 Å². The second-order valence-electron chi connectivity index (χ2n) is 5.17. The molecule has 1 fully saturated rings. The molecule has 0 saturated carbocycles. The molecule has 0 amide bonds. The molecule has 1 saturated heterocycles. The topological polar surface area (TPSA) is 29.3 Å². The first-order valence-electron chi connectivity index (χ1n) is 6.35. The van der Waals surface area contributed by atoms with Gasteiger partial charge in [-0.25, -0.2) is 0 Å². The van der Waals surface area contributed by atoms with E-state index in [4.69, 9.17) is 5.73 Å². The Labute approximate surface area is 112 Å². The molecule has 2 nitrogen and oxygen atoms in total. The van der Waals surface area contributed by atoms with Crippen molar-refractivity contribution in [1.29, 1.82) is 0 Å². The zero-order chi connectivity index (χ0) is 12.4. The SMILES string of the molecule is CC1CCN(c2cc(Br)ccc2CN)CC1C. The highest BCUT2D eigenvalue weighted by Crippen LogP contribution is 2.31. The average Bonchev–Trinajstić information content (AvgIpc) is 2.32. The number of benzene rings is 1. The molecule has 1 aromatic carbocycles. The molecule has 94 valence electrons. The van der Waals surface area contributed by atoms with Gasteiger partial charge in [-0.2, -0.15) is 0 Å². The zero-order valence-electron chi connectivity index (χ0n) is 10.6. The van der Waals surface area contributed by atoms with Gasteiger partial charge in [-0.05, 0) is 36.0 Å². The van der Waals surface area contributed by atoms with Crippen LogP contribution in [0, 0.1) is 11.8 Å². The van der Waals surface area contributed by atoms with Crippen LogP contribution >= 0.6 is 15.9 Å². The summed E-state index contributed by atoms with van der Waals surface area (Å²) in [5.74, 6) is 1.59. The third kappa shape index (κ3) is 2.83. The fourth-order valence-corrected chi connectivity index (χ4v) is 2.83. The summed E-state index contributed by atoms with van der Waals surface area (Å²) in [5.41, 5.74) is 8.38. The van der Waals surface area contributed by atoms with Crippen LogP contribution in [0.5, 0.6) is 0 Å². The van der Waals surface area contributed by atoms with Crippen molar-refractivity contribution in [1.82, 2.24) is 0 Å². The molecule has 2 unspecified atom stereocenters. The lowest BCUT2D eigenvalue weighted by Crippen LogP contribution is -2.39. The van der Waals surface area contributed by atoms with Crippen LogP contribution in [0.2, 0.25) is 0 Å². The van der Waals surface area contributed by atoms with Crippen molar-refractivity contribution in [3.05, 3.63) is 28.2 Å². The lowest BCUT2D eigenvalue weighted by molar-refractivity contribution is 0.323. The van der Waals surface area contributed by atoms with Crippen LogP contribution in [0.1, 0.15) is 25.8 Å². The Kier molecular flexibility index (Phi) is 4.10. The number of nitrogens with two attached hydrogens (primary N) is 1. The minimum atomic E-state index is 0.614. The molecule has 2 rings (SSSR count). The molecular weight excluding hydrogens is 276 g/mol. The standard InChI is InChI=1S/C14H21BrN2/c1-10-5-6-17(9-11(10)2)14-7-13(15)4-3-12(14)8-16/h3-4,7,10-11H,5-6,8-9,16H2,1-2H3. The molecule has 2 atom stereocenters. The number of hydrogen-bond donors (Lipinski definition) is 1. The van der Waals surface area contributed by atoms with E-state index in [2.05, 4.69) is 52.9 Å². The van der Waals surface area contributed by atoms with E-state index in [-0.39, 0.29) is 0 Å². The van der Waals surface area contributed by atoms with Gasteiger partial charge in [0.05, 0.1) is 0 Å². The molecule has 1 heterocycles. The maximum atomic E-state index is 5.83. The molecular formula is C14H21BrN2. The Bertz CT molecular complexity index is 392. The minimum Gasteiger partial charge on any atom is -0.371 e. The van der Waals surface area contributed by atoms with E-state index in [0.717, 1.165) is 29.4 Å². The van der Waals surface area contributed by atoms with Gasteiger partial charge >= 0.3 is 0 Å². The maximum absolute atomic E-state index is 5.83. The molecule has 1 aliphatic heterocycles. The fourth-order valence-electron chi connectivity index (χ4n) is 2.49. The minimum absolute atomic E-state index is 0.614. The first-order chi connectivity index (χ1) is 8.11. The summed E-state index contributed by atoms with van der Waals surface area (Å²) >= 11 is 3.55. The van der Waals surface area contributed by atoms with Crippen LogP contribution in [0.3, 0.4) is 0 Å². The highest BCUT2D eigenvalue weighted by molar-refractivity contribution is 9.10. The van der Waals surface area contributed by atoms with E-state index in [1.54, 1.807) is 0 Å². The molecule has 3 heteroatoms. The van der Waals surface area contributed by atoms with Crippen LogP contribution in [-0.2, 0) is 6.54 Å². The van der Waals surface area contributed by atoms with Crippen molar-refractivity contribution in [2.75, 3.05) is 18.0 Å². The Morgan fingerprint density at radius 1 is 1.35 bits per heavy atom. The smallest absolute Gasteiger partial charge is 0.0423 e. The zero-order valence-corrected chi connectivity index (χ0v) is 12.2. The van der Waals surface area contributed by atoms with Crippen molar-refractivity contribution in [3.63, 3.8) is 0 Å². The summed E-state index contributed by atoms with van der Waals surface area (Å²) in [4.78, 5) is 2.48. The maximum Gasteiger partial charge on any atom is 0.0423 e. The first-order valence-corrected chi connectivity index (χ1v) is 7.14. The first kappa shape index (κ1) is 12.9. The van der Waals surface area contributed by atoms with Gasteiger partial charge in [0.15, 0.2) is 0 Å². The van der Waals surface area contributed by atoms with Crippen LogP contribution in [0.4, 0.5) is 5.69 Å². The monoisotopic (exact) mass is 296 g/mol. The number of hydrogen-bond acceptors (Lipinski definition) is 2. The van der Waals surface area contributed by atoms with E-state index >= 15 is 0 Å². The van der Waals surface area contributed by atoms with E-state index < -0.39 is 0 Å². The summed E-state index contributed by atoms with van der Waals surface area (Å²) < 4.78 is 1.14. The predicted octanol–water partition coefficient (Wildman–Crippen LogP) is 3.39. The van der Waals surface area contributed by atoms with E-state index in [9.17, 15) is 0 Å². The molecule has 0 aliphatic carbocycles. The number of rotatable bonds is 2. The average molecular weight is 297 g/mol. The van der Waals surface area contributed by atoms with Gasteiger partial charge < -0.3 is 10.6 Å². The van der Waals surface area contributed by atoms with E-state index in [1.165, 1.54) is 17.7 Å². The van der Waals surface area contributed by atoms with Gasteiger partial charge in [0.2, 0.25) is 0 Å². The highest BCUT2D eigenvalue weighted by atomic mass is 79.9. The molecule has 0 aromatic heterocycles. The highest BCUT2D eigenvalue weighted by Gasteiger charge is 2.23. The summed E-state index contributed by atoms with van der Waals surface area (Å²) in [5, 5.41) is 0. The molecule has 2 N–H and O–H groups in total. The number of halogens is 1. The van der Waals surface area contributed by atoms with Gasteiger partial charge in [0, 0.05) is 29.8 Å². The van der Waals surface area contributed by atoms with Gasteiger partial charge in [-0.1, -0.05) is 35.8 Å². The van der Waals surface area contributed by atoms with Gasteiger partial charge in [0.25, 0.3) is 0 Å². The summed E-state index contributed by atoms with van der Waals surface area (Å²) in [6.07, 6.45) is 1.28. The van der Waals surface area contributed by atoms with Crippen LogP contribution in [0.15, 0.2) is 22.7 Å². The molecule has 0 radical (unpaired) electrons. The van der Waals surface area contributed by atoms with E-state index in [0.29, 0.717) is 6.54 Å². The second kappa shape index (κ2) is 5.40. The van der Waals surface area contributed by atoms with Crippen LogP contribution < -0.4 is 10.6 Å². The Morgan fingerprint density at radius 2 is 2.12 bits per heavy atom. The van der Waals surface area contributed by atoms with Crippen LogP contribution in [-0.4, -0.2) is 13.1 Å². The summed E-state index contributed by atoms with van der Waals surface area (Å²) in [6.45, 7) is 7.60. The molecule has 1 aliphatic rings. The van der Waals surface area contributed by atoms with Crippen molar-refractivity contribution < 1.29 is 0 Å². The van der Waals surface area contributed by atoms with Gasteiger partial charge in [0.1, 0.15) is 0 Å². The molecule has 1 aromatic rings.